The Morgan fingerprint density at radius 2 is 1.73 bits per heavy atom. The van der Waals surface area contributed by atoms with Crippen molar-refractivity contribution in [3.8, 4) is 17.0 Å². The van der Waals surface area contributed by atoms with E-state index in [9.17, 15) is 22.8 Å². The highest BCUT2D eigenvalue weighted by atomic mass is 127. The summed E-state index contributed by atoms with van der Waals surface area (Å²) in [5, 5.41) is 11.6. The lowest BCUT2D eigenvalue weighted by Gasteiger charge is -2.25. The van der Waals surface area contributed by atoms with E-state index in [1.165, 1.54) is 24.4 Å². The van der Waals surface area contributed by atoms with Crippen LogP contribution in [0.5, 0.6) is 5.75 Å². The van der Waals surface area contributed by atoms with Gasteiger partial charge < -0.3 is 20.1 Å². The lowest BCUT2D eigenvalue weighted by Crippen LogP contribution is -2.37. The molecule has 12 heteroatoms. The molecule has 3 aromatic carbocycles. The molecule has 41 heavy (non-hydrogen) atoms. The van der Waals surface area contributed by atoms with Gasteiger partial charge in [0, 0.05) is 9.99 Å². The van der Waals surface area contributed by atoms with E-state index in [4.69, 9.17) is 9.84 Å². The number of hydrogen-bond acceptors (Lipinski definition) is 5. The van der Waals surface area contributed by atoms with Gasteiger partial charge in [-0.05, 0) is 69.6 Å². The van der Waals surface area contributed by atoms with E-state index in [0.717, 1.165) is 20.1 Å². The topological polar surface area (TPSA) is 108 Å². The van der Waals surface area contributed by atoms with Crippen molar-refractivity contribution in [3.63, 3.8) is 0 Å². The van der Waals surface area contributed by atoms with Crippen LogP contribution >= 0.6 is 22.6 Å². The van der Waals surface area contributed by atoms with Crippen LogP contribution in [0.4, 0.5) is 18.0 Å². The van der Waals surface area contributed by atoms with Crippen molar-refractivity contribution in [1.29, 1.82) is 0 Å². The number of aliphatic hydroxyl groups is 1. The van der Waals surface area contributed by atoms with Crippen molar-refractivity contribution in [2.75, 3.05) is 13.2 Å². The van der Waals surface area contributed by atoms with Gasteiger partial charge in [-0.2, -0.15) is 13.2 Å². The van der Waals surface area contributed by atoms with E-state index >= 15 is 0 Å². The Hall–Kier alpha value is -3.91. The van der Waals surface area contributed by atoms with Crippen LogP contribution in [0, 0.1) is 3.57 Å². The van der Waals surface area contributed by atoms with Crippen LogP contribution in [-0.4, -0.2) is 45.1 Å². The highest BCUT2D eigenvalue weighted by molar-refractivity contribution is 14.1. The average Bonchev–Trinajstić information content (AvgIpc) is 3.56. The van der Waals surface area contributed by atoms with Crippen LogP contribution in [0.1, 0.15) is 34.6 Å². The molecule has 5 rings (SSSR count). The van der Waals surface area contributed by atoms with E-state index in [2.05, 4.69) is 37.9 Å². The molecule has 1 aliphatic heterocycles. The van der Waals surface area contributed by atoms with Crippen molar-refractivity contribution in [2.45, 2.75) is 24.7 Å². The number of nitrogens with one attached hydrogen (secondary N) is 2. The third-order valence-electron chi connectivity index (χ3n) is 6.66. The van der Waals surface area contributed by atoms with Gasteiger partial charge >= 0.3 is 12.2 Å². The number of hydrogen-bond donors (Lipinski definition) is 3. The molecule has 0 saturated carbocycles. The quantitative estimate of drug-likeness (QED) is 0.157. The van der Waals surface area contributed by atoms with Crippen LogP contribution in [0.3, 0.4) is 0 Å². The van der Waals surface area contributed by atoms with Crippen LogP contribution in [-0.2, 0) is 17.4 Å². The van der Waals surface area contributed by atoms with Crippen LogP contribution < -0.4 is 10.1 Å². The molecule has 1 saturated heterocycles. The summed E-state index contributed by atoms with van der Waals surface area (Å²) in [5.41, 5.74) is 0.920. The molecule has 8 nitrogen and oxygen atoms in total. The molecule has 212 valence electrons. The number of imidazole rings is 1. The van der Waals surface area contributed by atoms with Crippen molar-refractivity contribution in [2.24, 2.45) is 0 Å². The van der Waals surface area contributed by atoms with E-state index in [0.29, 0.717) is 17.0 Å². The van der Waals surface area contributed by atoms with Crippen molar-refractivity contribution >= 4 is 34.5 Å². The fourth-order valence-corrected chi connectivity index (χ4v) is 5.07. The van der Waals surface area contributed by atoms with Gasteiger partial charge in [0.15, 0.2) is 0 Å². The molecule has 2 atom stereocenters. The molecule has 1 aliphatic rings. The second-order valence-corrected chi connectivity index (χ2v) is 10.5. The second kappa shape index (κ2) is 11.9. The smallest absolute Gasteiger partial charge is 0.416 e. The largest absolute Gasteiger partial charge is 0.491 e. The highest BCUT2D eigenvalue weighted by Crippen LogP contribution is 2.37. The van der Waals surface area contributed by atoms with Gasteiger partial charge in [-0.15, -0.1) is 0 Å². The number of nitrogens with zero attached hydrogens (tertiary/aromatic N) is 2. The first-order chi connectivity index (χ1) is 19.7. The van der Waals surface area contributed by atoms with Crippen LogP contribution in [0.2, 0.25) is 0 Å². The Balaban J connectivity index is 1.51. The van der Waals surface area contributed by atoms with Gasteiger partial charge in [0.1, 0.15) is 30.3 Å². The Morgan fingerprint density at radius 1 is 1.02 bits per heavy atom. The van der Waals surface area contributed by atoms with Gasteiger partial charge in [-0.25, -0.2) is 9.78 Å². The summed E-state index contributed by atoms with van der Waals surface area (Å²) in [6.45, 7) is -0.0640. The zero-order chi connectivity index (χ0) is 29.1. The summed E-state index contributed by atoms with van der Waals surface area (Å²) in [6.07, 6.45) is -3.41. The Kier molecular flexibility index (Phi) is 8.31. The number of alkyl halides is 3. The van der Waals surface area contributed by atoms with Crippen LogP contribution in [0.15, 0.2) is 79.0 Å². The summed E-state index contributed by atoms with van der Waals surface area (Å²) >= 11 is 2.17. The minimum Gasteiger partial charge on any atom is -0.491 e. The molecule has 2 heterocycles. The summed E-state index contributed by atoms with van der Waals surface area (Å²) in [7, 11) is 0. The maximum Gasteiger partial charge on any atom is 0.416 e. The van der Waals surface area contributed by atoms with Gasteiger partial charge in [0.25, 0.3) is 5.91 Å². The third-order valence-corrected chi connectivity index (χ3v) is 7.38. The fourth-order valence-electron chi connectivity index (χ4n) is 4.71. The standard InChI is InChI=1S/C29H24F3IN4O4/c30-29(31,32)22-4-2-1-3-19(22)15-24(26-34-16-23(35-26)17-5-9-20(33)10-6-17)37-27(39)25(36-28(37)40)18-7-11-21(12-8-18)41-14-13-38/h1-12,16,24-25,38H,13-15H2,(H,34,35)(H,36,40)/t24?,25-/m1/s1. The van der Waals surface area contributed by atoms with Crippen LogP contribution in [0.25, 0.3) is 11.3 Å². The molecule has 0 radical (unpaired) electrons. The molecule has 3 N–H and O–H groups in total. The lowest BCUT2D eigenvalue weighted by atomic mass is 9.98. The highest BCUT2D eigenvalue weighted by Gasteiger charge is 2.45. The molecular formula is C29H24F3IN4O4. The van der Waals surface area contributed by atoms with Gasteiger partial charge in [-0.3, -0.25) is 9.69 Å². The van der Waals surface area contributed by atoms with Gasteiger partial charge in [0.05, 0.1) is 24.1 Å². The number of amides is 3. The van der Waals surface area contributed by atoms with E-state index in [1.807, 2.05) is 24.3 Å². The zero-order valence-corrected chi connectivity index (χ0v) is 23.5. The molecule has 4 aromatic rings. The second-order valence-electron chi connectivity index (χ2n) is 9.30. The predicted octanol–water partition coefficient (Wildman–Crippen LogP) is 5.65. The number of ether oxygens (including phenoxy) is 1. The first-order valence-corrected chi connectivity index (χ1v) is 13.7. The van der Waals surface area contributed by atoms with E-state index in [1.54, 1.807) is 24.3 Å². The number of benzene rings is 3. The third kappa shape index (κ3) is 6.22. The molecule has 0 aliphatic carbocycles. The number of aliphatic hydroxyl groups excluding tert-OH is 1. The SMILES string of the molecule is O=C1N[C@H](c2ccc(OCCO)cc2)C(=O)N1C(Cc1ccccc1C(F)(F)F)c1ncc(-c2ccc(I)cc2)[nH]1. The number of carbonyl (C=O) groups is 2. The molecule has 1 fully saturated rings. The lowest BCUT2D eigenvalue weighted by molar-refractivity contribution is -0.138. The molecule has 3 amide bonds. The van der Waals surface area contributed by atoms with Gasteiger partial charge in [0.2, 0.25) is 0 Å². The number of H-pyrrole nitrogens is 1. The summed E-state index contributed by atoms with van der Waals surface area (Å²) in [4.78, 5) is 35.4. The van der Waals surface area contributed by atoms with Crippen molar-refractivity contribution in [3.05, 3.63) is 105 Å². The average molecular weight is 676 g/mol. The fraction of sp³-hybridized carbons (Fsp3) is 0.207. The Bertz CT molecular complexity index is 1540. The number of aromatic amines is 1. The number of halogens is 4. The number of imide groups is 1. The van der Waals surface area contributed by atoms with Crippen molar-refractivity contribution < 1.29 is 32.6 Å². The zero-order valence-electron chi connectivity index (χ0n) is 21.4. The van der Waals surface area contributed by atoms with Gasteiger partial charge in [-0.1, -0.05) is 42.5 Å². The normalized spacial score (nSPS) is 16.1. The number of urea groups is 1. The maximum atomic E-state index is 13.9. The predicted molar refractivity (Wildman–Crippen MR) is 152 cm³/mol. The van der Waals surface area contributed by atoms with E-state index in [-0.39, 0.29) is 31.0 Å². The Morgan fingerprint density at radius 3 is 2.41 bits per heavy atom. The molecule has 1 aromatic heterocycles. The number of rotatable bonds is 9. The first-order valence-electron chi connectivity index (χ1n) is 12.6. The minimum absolute atomic E-state index is 0.0772. The summed E-state index contributed by atoms with van der Waals surface area (Å²) < 4.78 is 48.0. The molecule has 1 unspecified atom stereocenters. The Labute approximate surface area is 246 Å². The van der Waals surface area contributed by atoms with Crippen molar-refractivity contribution in [1.82, 2.24) is 20.2 Å². The molecular weight excluding hydrogens is 652 g/mol. The molecule has 0 bridgehead atoms. The minimum atomic E-state index is -4.63. The summed E-state index contributed by atoms with van der Waals surface area (Å²) in [5.74, 6) is 0.0185. The van der Waals surface area contributed by atoms with E-state index < -0.39 is 35.8 Å². The molecule has 0 spiro atoms. The first kappa shape index (κ1) is 28.6. The number of carbonyl (C=O) groups excluding carboxylic acids is 2. The summed E-state index contributed by atoms with van der Waals surface area (Å²) in [6, 6.07) is 16.1. The monoisotopic (exact) mass is 676 g/mol. The maximum absolute atomic E-state index is 13.9. The number of aromatic nitrogens is 2.